The van der Waals surface area contributed by atoms with E-state index in [-0.39, 0.29) is 17.5 Å². The van der Waals surface area contributed by atoms with E-state index in [1.54, 1.807) is 6.07 Å². The minimum Gasteiger partial charge on any atom is -0.489 e. The lowest BCUT2D eigenvalue weighted by molar-refractivity contribution is -0.137. The second-order valence-electron chi connectivity index (χ2n) is 4.97. The number of ether oxygens (including phenoxy) is 1. The Morgan fingerprint density at radius 2 is 2.04 bits per heavy atom. The third kappa shape index (κ3) is 4.84. The third-order valence-corrected chi connectivity index (χ3v) is 3.21. The molecule has 0 saturated carbocycles. The van der Waals surface area contributed by atoms with Crippen LogP contribution in [0.4, 0.5) is 19.0 Å². The highest BCUT2D eigenvalue weighted by molar-refractivity contribution is 5.35. The van der Waals surface area contributed by atoms with Gasteiger partial charge in [0.2, 0.25) is 0 Å². The van der Waals surface area contributed by atoms with E-state index in [4.69, 9.17) is 10.00 Å². The van der Waals surface area contributed by atoms with Crippen LogP contribution in [0.1, 0.15) is 24.6 Å². The topological polar surface area (TPSA) is 70.8 Å². The molecule has 1 aromatic carbocycles. The fraction of sp³-hybridized carbons (Fsp3) is 0.312. The first-order chi connectivity index (χ1) is 11.4. The SMILES string of the molecule is CCC(CNc1ccc(C#N)nn1)Oc1cccc(C(F)(F)F)c1. The van der Waals surface area contributed by atoms with Gasteiger partial charge in [-0.1, -0.05) is 13.0 Å². The maximum atomic E-state index is 12.7. The lowest BCUT2D eigenvalue weighted by atomic mass is 10.2. The van der Waals surface area contributed by atoms with Crippen LogP contribution in [-0.4, -0.2) is 22.8 Å². The molecular weight excluding hydrogens is 321 g/mol. The van der Waals surface area contributed by atoms with Crippen LogP contribution in [0.3, 0.4) is 0 Å². The first-order valence-corrected chi connectivity index (χ1v) is 7.24. The van der Waals surface area contributed by atoms with Crippen molar-refractivity contribution in [2.45, 2.75) is 25.6 Å². The Balaban J connectivity index is 1.98. The van der Waals surface area contributed by atoms with Crippen molar-refractivity contribution in [3.05, 3.63) is 47.7 Å². The molecule has 5 nitrogen and oxygen atoms in total. The number of nitrogens with one attached hydrogen (secondary N) is 1. The molecule has 0 amide bonds. The van der Waals surface area contributed by atoms with Gasteiger partial charge in [0.1, 0.15) is 23.7 Å². The highest BCUT2D eigenvalue weighted by Gasteiger charge is 2.30. The molecule has 1 unspecified atom stereocenters. The van der Waals surface area contributed by atoms with Crippen LogP contribution in [0.15, 0.2) is 36.4 Å². The number of anilines is 1. The van der Waals surface area contributed by atoms with Gasteiger partial charge in [0.25, 0.3) is 0 Å². The second kappa shape index (κ2) is 7.64. The van der Waals surface area contributed by atoms with Crippen molar-refractivity contribution in [3.8, 4) is 11.8 Å². The second-order valence-corrected chi connectivity index (χ2v) is 4.97. The fourth-order valence-electron chi connectivity index (χ4n) is 1.91. The quantitative estimate of drug-likeness (QED) is 0.872. The van der Waals surface area contributed by atoms with Gasteiger partial charge in [-0.2, -0.15) is 18.4 Å². The summed E-state index contributed by atoms with van der Waals surface area (Å²) < 4.78 is 43.7. The van der Waals surface area contributed by atoms with Crippen LogP contribution >= 0.6 is 0 Å². The van der Waals surface area contributed by atoms with Crippen molar-refractivity contribution in [1.82, 2.24) is 10.2 Å². The zero-order valence-corrected chi connectivity index (χ0v) is 12.8. The van der Waals surface area contributed by atoms with Gasteiger partial charge < -0.3 is 10.1 Å². The average Bonchev–Trinajstić information content (AvgIpc) is 2.58. The summed E-state index contributed by atoms with van der Waals surface area (Å²) in [7, 11) is 0. The van der Waals surface area contributed by atoms with Gasteiger partial charge in [-0.05, 0) is 36.8 Å². The number of alkyl halides is 3. The monoisotopic (exact) mass is 336 g/mol. The molecule has 0 bridgehead atoms. The molecule has 2 rings (SSSR count). The van der Waals surface area contributed by atoms with E-state index in [1.807, 2.05) is 13.0 Å². The molecule has 1 atom stereocenters. The highest BCUT2D eigenvalue weighted by atomic mass is 19.4. The van der Waals surface area contributed by atoms with Crippen molar-refractivity contribution in [3.63, 3.8) is 0 Å². The van der Waals surface area contributed by atoms with Gasteiger partial charge in [-0.25, -0.2) is 0 Å². The molecule has 2 aromatic rings. The van der Waals surface area contributed by atoms with Crippen LogP contribution in [0.25, 0.3) is 0 Å². The van der Waals surface area contributed by atoms with Gasteiger partial charge in [-0.15, -0.1) is 10.2 Å². The minimum absolute atomic E-state index is 0.157. The molecule has 126 valence electrons. The number of hydrogen-bond acceptors (Lipinski definition) is 5. The van der Waals surface area contributed by atoms with E-state index in [9.17, 15) is 13.2 Å². The van der Waals surface area contributed by atoms with E-state index >= 15 is 0 Å². The number of halogens is 3. The van der Waals surface area contributed by atoms with Crippen LogP contribution in [0.2, 0.25) is 0 Å². The third-order valence-electron chi connectivity index (χ3n) is 3.21. The summed E-state index contributed by atoms with van der Waals surface area (Å²) in [6, 6.07) is 9.75. The molecule has 0 aliphatic rings. The largest absolute Gasteiger partial charge is 0.489 e. The number of rotatable bonds is 6. The molecule has 0 aliphatic heterocycles. The number of nitriles is 1. The van der Waals surface area contributed by atoms with Gasteiger partial charge in [0.15, 0.2) is 5.69 Å². The Labute approximate surface area is 137 Å². The summed E-state index contributed by atoms with van der Waals surface area (Å²) in [6.07, 6.45) is -4.16. The molecule has 1 aromatic heterocycles. The number of aromatic nitrogens is 2. The first-order valence-electron chi connectivity index (χ1n) is 7.24. The average molecular weight is 336 g/mol. The highest BCUT2D eigenvalue weighted by Crippen LogP contribution is 2.31. The summed E-state index contributed by atoms with van der Waals surface area (Å²) in [4.78, 5) is 0. The molecule has 24 heavy (non-hydrogen) atoms. The minimum atomic E-state index is -4.41. The predicted octanol–water partition coefficient (Wildman–Crippen LogP) is 3.64. The van der Waals surface area contributed by atoms with Gasteiger partial charge in [0.05, 0.1) is 12.1 Å². The summed E-state index contributed by atoms with van der Waals surface area (Å²) in [5.74, 6) is 0.615. The Kier molecular flexibility index (Phi) is 5.58. The lowest BCUT2D eigenvalue weighted by Crippen LogP contribution is -2.26. The van der Waals surface area contributed by atoms with Gasteiger partial charge in [-0.3, -0.25) is 0 Å². The zero-order chi connectivity index (χ0) is 17.6. The molecule has 0 spiro atoms. The molecule has 0 saturated heterocycles. The smallest absolute Gasteiger partial charge is 0.416 e. The molecule has 0 aliphatic carbocycles. The van der Waals surface area contributed by atoms with Crippen molar-refractivity contribution >= 4 is 5.82 Å². The predicted molar refractivity (Wildman–Crippen MR) is 81.4 cm³/mol. The molecule has 0 fully saturated rings. The molecule has 8 heteroatoms. The van der Waals surface area contributed by atoms with Crippen molar-refractivity contribution in [2.75, 3.05) is 11.9 Å². The van der Waals surface area contributed by atoms with Crippen molar-refractivity contribution in [2.24, 2.45) is 0 Å². The van der Waals surface area contributed by atoms with E-state index in [0.717, 1.165) is 12.1 Å². The first kappa shape index (κ1) is 17.5. The molecular formula is C16H15F3N4O. The summed E-state index contributed by atoms with van der Waals surface area (Å²) in [5, 5.41) is 19.1. The Bertz CT molecular complexity index is 710. The van der Waals surface area contributed by atoms with Crippen LogP contribution in [-0.2, 0) is 6.18 Å². The van der Waals surface area contributed by atoms with Crippen molar-refractivity contribution in [1.29, 1.82) is 5.26 Å². The molecule has 1 N–H and O–H groups in total. The fourth-order valence-corrected chi connectivity index (χ4v) is 1.91. The Morgan fingerprint density at radius 1 is 1.25 bits per heavy atom. The summed E-state index contributed by atoms with van der Waals surface area (Å²) in [5.41, 5.74) is -0.548. The lowest BCUT2D eigenvalue weighted by Gasteiger charge is -2.19. The Hall–Kier alpha value is -2.82. The zero-order valence-electron chi connectivity index (χ0n) is 12.8. The van der Waals surface area contributed by atoms with Gasteiger partial charge >= 0.3 is 6.18 Å². The van der Waals surface area contributed by atoms with Crippen LogP contribution in [0, 0.1) is 11.3 Å². The van der Waals surface area contributed by atoms with E-state index in [0.29, 0.717) is 18.8 Å². The standard InChI is InChI=1S/C16H15F3N4O/c1-2-13(10-21-15-7-6-12(9-20)22-23-15)24-14-5-3-4-11(8-14)16(17,18)19/h3-8,13H,2,10H2,1H3,(H,21,23). The number of hydrogen-bond donors (Lipinski definition) is 1. The van der Waals surface area contributed by atoms with Crippen molar-refractivity contribution < 1.29 is 17.9 Å². The van der Waals surface area contributed by atoms with E-state index in [1.165, 1.54) is 18.2 Å². The molecule has 0 radical (unpaired) electrons. The molecule has 1 heterocycles. The summed E-state index contributed by atoms with van der Waals surface area (Å²) in [6.45, 7) is 2.21. The normalized spacial score (nSPS) is 12.3. The maximum Gasteiger partial charge on any atom is 0.416 e. The summed E-state index contributed by atoms with van der Waals surface area (Å²) >= 11 is 0. The van der Waals surface area contributed by atoms with Gasteiger partial charge in [0, 0.05) is 0 Å². The van der Waals surface area contributed by atoms with Crippen LogP contribution in [0.5, 0.6) is 5.75 Å². The van der Waals surface area contributed by atoms with E-state index < -0.39 is 11.7 Å². The maximum absolute atomic E-state index is 12.7. The number of benzene rings is 1. The van der Waals surface area contributed by atoms with Crippen LogP contribution < -0.4 is 10.1 Å². The van der Waals surface area contributed by atoms with E-state index in [2.05, 4.69) is 15.5 Å². The number of nitrogens with zero attached hydrogens (tertiary/aromatic N) is 3. The Morgan fingerprint density at radius 3 is 2.62 bits per heavy atom.